The van der Waals surface area contributed by atoms with Crippen molar-refractivity contribution < 1.29 is 0 Å². The number of amidine groups is 1. The summed E-state index contributed by atoms with van der Waals surface area (Å²) in [5.74, 6) is -0.0803. The number of halogens is 1. The Hall–Kier alpha value is -1.05. The Morgan fingerprint density at radius 2 is 1.75 bits per heavy atom. The van der Waals surface area contributed by atoms with Crippen molar-refractivity contribution in [2.24, 2.45) is 5.73 Å². The third kappa shape index (κ3) is 1.76. The Kier molecular flexibility index (Phi) is 2.69. The van der Waals surface area contributed by atoms with E-state index in [1.54, 1.807) is 12.4 Å². The zero-order valence-electron chi connectivity index (χ0n) is 6.11. The molecule has 1 heterocycles. The molecule has 0 amide bonds. The lowest BCUT2D eigenvalue weighted by atomic mass is 10.3. The fourth-order valence-corrected chi connectivity index (χ4v) is 1.21. The highest BCUT2D eigenvalue weighted by molar-refractivity contribution is 14.1. The van der Waals surface area contributed by atoms with Gasteiger partial charge in [0.25, 0.3) is 0 Å². The van der Waals surface area contributed by atoms with Gasteiger partial charge in [0.05, 0.1) is 5.70 Å². The van der Waals surface area contributed by atoms with Crippen molar-refractivity contribution in [2.75, 3.05) is 0 Å². The van der Waals surface area contributed by atoms with Crippen LogP contribution in [0.3, 0.4) is 0 Å². The molecular weight excluding hydrogens is 269 g/mol. The van der Waals surface area contributed by atoms with Gasteiger partial charge >= 0.3 is 0 Å². The van der Waals surface area contributed by atoms with Gasteiger partial charge < -0.3 is 16.4 Å². The summed E-state index contributed by atoms with van der Waals surface area (Å²) in [6.45, 7) is 0. The van der Waals surface area contributed by atoms with Crippen molar-refractivity contribution in [3.8, 4) is 0 Å². The maximum Gasteiger partial charge on any atom is 0.141 e. The quantitative estimate of drug-likeness (QED) is 0.283. The molecule has 12 heavy (non-hydrogen) atoms. The van der Waals surface area contributed by atoms with E-state index in [9.17, 15) is 0 Å². The minimum absolute atomic E-state index is 0.0803. The van der Waals surface area contributed by atoms with Crippen LogP contribution < -0.4 is 16.4 Å². The van der Waals surface area contributed by atoms with Gasteiger partial charge in [0.1, 0.15) is 15.3 Å². The van der Waals surface area contributed by atoms with Gasteiger partial charge in [-0.1, -0.05) is 0 Å². The Labute approximate surface area is 83.3 Å². The first-order chi connectivity index (χ1) is 5.63. The summed E-state index contributed by atoms with van der Waals surface area (Å²) in [4.78, 5) is 0. The minimum Gasteiger partial charge on any atom is -0.382 e. The normalized spacial score (nSPS) is 15.1. The molecule has 0 radical (unpaired) electrons. The van der Waals surface area contributed by atoms with Crippen molar-refractivity contribution >= 4 is 32.1 Å². The summed E-state index contributed by atoms with van der Waals surface area (Å²) in [5, 5.41) is 20.2. The molecule has 0 bridgehead atoms. The Bertz CT molecular complexity index is 262. The Balaban J connectivity index is 3.01. The lowest BCUT2D eigenvalue weighted by Gasteiger charge is -2.16. The minimum atomic E-state index is -0.0803. The van der Waals surface area contributed by atoms with Crippen LogP contribution in [-0.4, -0.2) is 9.55 Å². The third-order valence-electron chi connectivity index (χ3n) is 1.28. The molecular formula is C6H8IN5. The summed E-state index contributed by atoms with van der Waals surface area (Å²) in [7, 11) is 0. The second kappa shape index (κ2) is 3.57. The number of hydrogen-bond donors (Lipinski definition) is 5. The molecule has 0 aromatic rings. The molecule has 5 nitrogen and oxygen atoms in total. The van der Waals surface area contributed by atoms with Gasteiger partial charge in [-0.25, -0.2) is 0 Å². The summed E-state index contributed by atoms with van der Waals surface area (Å²) in [5.41, 5.74) is 6.26. The van der Waals surface area contributed by atoms with E-state index in [1.165, 1.54) is 0 Å². The summed E-state index contributed by atoms with van der Waals surface area (Å²) >= 11 is 1.85. The molecule has 0 saturated carbocycles. The number of nitrogens with two attached hydrogens (primary N) is 1. The number of nitrogens with one attached hydrogen (secondary N) is 4. The van der Waals surface area contributed by atoms with E-state index in [1.807, 2.05) is 22.6 Å². The largest absolute Gasteiger partial charge is 0.382 e. The van der Waals surface area contributed by atoms with E-state index in [0.717, 1.165) is 0 Å². The average molecular weight is 277 g/mol. The van der Waals surface area contributed by atoms with Crippen LogP contribution in [0.5, 0.6) is 0 Å². The van der Waals surface area contributed by atoms with Gasteiger partial charge in [0, 0.05) is 12.4 Å². The van der Waals surface area contributed by atoms with E-state index in [4.69, 9.17) is 16.6 Å². The van der Waals surface area contributed by atoms with Crippen molar-refractivity contribution in [2.45, 2.75) is 0 Å². The van der Waals surface area contributed by atoms with Crippen molar-refractivity contribution in [1.82, 2.24) is 10.6 Å². The Morgan fingerprint density at radius 1 is 1.25 bits per heavy atom. The van der Waals surface area contributed by atoms with Gasteiger partial charge in [0.2, 0.25) is 0 Å². The first kappa shape index (κ1) is 9.04. The fourth-order valence-electron chi connectivity index (χ4n) is 0.780. The van der Waals surface area contributed by atoms with Crippen LogP contribution in [0.25, 0.3) is 0 Å². The number of rotatable bonds is 2. The molecule has 1 aliphatic rings. The zero-order chi connectivity index (χ0) is 9.14. The third-order valence-corrected chi connectivity index (χ3v) is 1.82. The molecule has 0 aromatic carbocycles. The number of allylic oxidation sites excluding steroid dienone is 1. The van der Waals surface area contributed by atoms with Crippen molar-refractivity contribution in [1.29, 1.82) is 10.8 Å². The molecule has 64 valence electrons. The first-order valence-electron chi connectivity index (χ1n) is 3.14. The average Bonchev–Trinajstić information content (AvgIpc) is 2.04. The van der Waals surface area contributed by atoms with Crippen LogP contribution >= 0.6 is 22.6 Å². The highest BCUT2D eigenvalue weighted by atomic mass is 127. The van der Waals surface area contributed by atoms with Gasteiger partial charge in [-0.05, 0) is 22.6 Å². The molecule has 0 fully saturated rings. The van der Waals surface area contributed by atoms with E-state index in [-0.39, 0.29) is 5.84 Å². The lowest BCUT2D eigenvalue weighted by Crippen LogP contribution is -2.32. The molecule has 6 heteroatoms. The zero-order valence-corrected chi connectivity index (χ0v) is 8.27. The predicted molar refractivity (Wildman–Crippen MR) is 56.1 cm³/mol. The monoisotopic (exact) mass is 277 g/mol. The lowest BCUT2D eigenvalue weighted by molar-refractivity contribution is 0.965. The SMILES string of the molecule is N=C(N)C1=C(C(=N)I)NC=CN1. The van der Waals surface area contributed by atoms with Gasteiger partial charge in [-0.15, -0.1) is 0 Å². The number of hydrogen-bond acceptors (Lipinski definition) is 4. The summed E-state index contributed by atoms with van der Waals surface area (Å²) < 4.78 is 0.314. The highest BCUT2D eigenvalue weighted by Crippen LogP contribution is 2.07. The topological polar surface area (TPSA) is 97.8 Å². The van der Waals surface area contributed by atoms with Gasteiger partial charge in [-0.2, -0.15) is 0 Å². The van der Waals surface area contributed by atoms with E-state index >= 15 is 0 Å². The molecule has 0 unspecified atom stereocenters. The second-order valence-corrected chi connectivity index (χ2v) is 3.18. The van der Waals surface area contributed by atoms with E-state index in [0.29, 0.717) is 15.1 Å². The maximum absolute atomic E-state index is 7.35. The molecule has 6 N–H and O–H groups in total. The van der Waals surface area contributed by atoms with Gasteiger partial charge in [0.15, 0.2) is 0 Å². The maximum atomic E-state index is 7.35. The molecule has 0 aliphatic carbocycles. The van der Waals surface area contributed by atoms with Crippen molar-refractivity contribution in [3.05, 3.63) is 23.8 Å². The predicted octanol–water partition coefficient (Wildman–Crippen LogP) is 0.210. The summed E-state index contributed by atoms with van der Waals surface area (Å²) in [6, 6.07) is 0. The fraction of sp³-hybridized carbons (Fsp3) is 0. The molecule has 1 rings (SSSR count). The molecule has 1 aliphatic heterocycles. The van der Waals surface area contributed by atoms with Crippen LogP contribution in [0, 0.1) is 10.8 Å². The summed E-state index contributed by atoms with van der Waals surface area (Å²) in [6.07, 6.45) is 3.27. The van der Waals surface area contributed by atoms with E-state index in [2.05, 4.69) is 10.6 Å². The van der Waals surface area contributed by atoms with Crippen molar-refractivity contribution in [3.63, 3.8) is 0 Å². The second-order valence-electron chi connectivity index (χ2n) is 2.10. The van der Waals surface area contributed by atoms with Crippen LogP contribution in [0.1, 0.15) is 0 Å². The van der Waals surface area contributed by atoms with Crippen LogP contribution in [0.4, 0.5) is 0 Å². The Morgan fingerprint density at radius 3 is 2.08 bits per heavy atom. The first-order valence-corrected chi connectivity index (χ1v) is 4.22. The van der Waals surface area contributed by atoms with Crippen LogP contribution in [0.15, 0.2) is 23.8 Å². The molecule has 0 saturated heterocycles. The smallest absolute Gasteiger partial charge is 0.141 e. The standard InChI is InChI=1S/C6H8IN5/c7-5(8)3-4(6(9)10)12-2-1-11-3/h1-2,8,11-12H,(H3,9,10). The molecule has 0 atom stereocenters. The van der Waals surface area contributed by atoms with Crippen LogP contribution in [0.2, 0.25) is 0 Å². The molecule has 0 aromatic heterocycles. The van der Waals surface area contributed by atoms with E-state index < -0.39 is 0 Å². The highest BCUT2D eigenvalue weighted by Gasteiger charge is 2.13. The van der Waals surface area contributed by atoms with Gasteiger partial charge in [-0.3, -0.25) is 10.8 Å². The molecule has 0 spiro atoms. The van der Waals surface area contributed by atoms with Crippen LogP contribution in [-0.2, 0) is 0 Å².